The fourth-order valence-electron chi connectivity index (χ4n) is 3.58. The minimum absolute atomic E-state index is 0.377. The molecule has 2 heteroatoms. The van der Waals surface area contributed by atoms with E-state index in [9.17, 15) is 0 Å². The number of hydrogen-bond donors (Lipinski definition) is 1. The molecule has 2 nitrogen and oxygen atoms in total. The summed E-state index contributed by atoms with van der Waals surface area (Å²) in [7, 11) is 1.75. The Morgan fingerprint density at radius 3 is 2.76 bits per heavy atom. The number of benzene rings is 1. The smallest absolute Gasteiger partial charge is 0.123 e. The summed E-state index contributed by atoms with van der Waals surface area (Å²) in [5.74, 6) is 2.47. The quantitative estimate of drug-likeness (QED) is 0.764. The molecule has 0 aromatic heterocycles. The lowest BCUT2D eigenvalue weighted by Gasteiger charge is -2.28. The highest BCUT2D eigenvalue weighted by Crippen LogP contribution is 2.30. The Kier molecular flexibility index (Phi) is 5.86. The zero-order chi connectivity index (χ0) is 15.2. The van der Waals surface area contributed by atoms with Gasteiger partial charge in [0.2, 0.25) is 0 Å². The van der Waals surface area contributed by atoms with Crippen molar-refractivity contribution in [1.29, 1.82) is 0 Å². The van der Waals surface area contributed by atoms with Crippen molar-refractivity contribution < 1.29 is 4.74 Å². The number of rotatable bonds is 6. The summed E-state index contributed by atoms with van der Waals surface area (Å²) < 4.78 is 5.50. The highest BCUT2D eigenvalue weighted by molar-refractivity contribution is 5.35. The van der Waals surface area contributed by atoms with Crippen LogP contribution in [0.4, 0.5) is 0 Å². The Balaban J connectivity index is 1.98. The van der Waals surface area contributed by atoms with Gasteiger partial charge in [0.15, 0.2) is 0 Å². The highest BCUT2D eigenvalue weighted by atomic mass is 16.5. The van der Waals surface area contributed by atoms with Crippen molar-refractivity contribution in [1.82, 2.24) is 5.32 Å². The highest BCUT2D eigenvalue weighted by Gasteiger charge is 2.20. The molecule has 3 unspecified atom stereocenters. The van der Waals surface area contributed by atoms with Crippen LogP contribution in [0.1, 0.15) is 51.6 Å². The molecule has 116 valence electrons. The van der Waals surface area contributed by atoms with Gasteiger partial charge in [-0.1, -0.05) is 43.7 Å². The van der Waals surface area contributed by atoms with Gasteiger partial charge in [-0.15, -0.1) is 0 Å². The molecule has 3 atom stereocenters. The molecule has 0 radical (unpaired) electrons. The van der Waals surface area contributed by atoms with Crippen LogP contribution >= 0.6 is 0 Å². The second-order valence-corrected chi connectivity index (χ2v) is 6.41. The van der Waals surface area contributed by atoms with E-state index in [1.807, 2.05) is 6.07 Å². The lowest BCUT2D eigenvalue weighted by molar-refractivity contribution is 0.350. The molecule has 0 heterocycles. The van der Waals surface area contributed by atoms with Gasteiger partial charge < -0.3 is 10.1 Å². The minimum atomic E-state index is 0.377. The minimum Gasteiger partial charge on any atom is -0.496 e. The molecular weight excluding hydrogens is 258 g/mol. The first-order valence-corrected chi connectivity index (χ1v) is 8.17. The van der Waals surface area contributed by atoms with Gasteiger partial charge >= 0.3 is 0 Å². The zero-order valence-corrected chi connectivity index (χ0v) is 13.9. The van der Waals surface area contributed by atoms with Crippen molar-refractivity contribution in [2.75, 3.05) is 13.7 Å². The molecule has 0 bridgehead atoms. The molecule has 1 aromatic carbocycles. The first-order valence-electron chi connectivity index (χ1n) is 8.17. The van der Waals surface area contributed by atoms with E-state index in [0.717, 1.165) is 30.6 Å². The SMILES string of the molecule is CCC(NCC1CC(C)=CC(C)C1)c1ccccc1OC. The van der Waals surface area contributed by atoms with Crippen molar-refractivity contribution in [2.45, 2.75) is 46.1 Å². The Hall–Kier alpha value is -1.28. The number of allylic oxidation sites excluding steroid dienone is 2. The van der Waals surface area contributed by atoms with Gasteiger partial charge in [-0.2, -0.15) is 0 Å². The van der Waals surface area contributed by atoms with E-state index in [4.69, 9.17) is 4.74 Å². The molecule has 2 rings (SSSR count). The van der Waals surface area contributed by atoms with Gasteiger partial charge in [0, 0.05) is 11.6 Å². The number of methoxy groups -OCH3 is 1. The standard InChI is InChI=1S/C19H29NO/c1-5-18(17-8-6-7-9-19(17)21-4)20-13-16-11-14(2)10-15(3)12-16/h6-10,14,16,18,20H,5,11-13H2,1-4H3. The maximum atomic E-state index is 5.50. The lowest BCUT2D eigenvalue weighted by atomic mass is 9.83. The molecule has 1 N–H and O–H groups in total. The zero-order valence-electron chi connectivity index (χ0n) is 13.9. The maximum Gasteiger partial charge on any atom is 0.123 e. The van der Waals surface area contributed by atoms with E-state index < -0.39 is 0 Å². The second kappa shape index (κ2) is 7.65. The Morgan fingerprint density at radius 1 is 1.33 bits per heavy atom. The topological polar surface area (TPSA) is 21.3 Å². The average Bonchev–Trinajstić information content (AvgIpc) is 2.47. The van der Waals surface area contributed by atoms with E-state index in [0.29, 0.717) is 6.04 Å². The second-order valence-electron chi connectivity index (χ2n) is 6.41. The largest absolute Gasteiger partial charge is 0.496 e. The van der Waals surface area contributed by atoms with Gasteiger partial charge in [-0.3, -0.25) is 0 Å². The monoisotopic (exact) mass is 287 g/mol. The van der Waals surface area contributed by atoms with Crippen LogP contribution in [-0.2, 0) is 0 Å². The van der Waals surface area contributed by atoms with E-state index in [-0.39, 0.29) is 0 Å². The van der Waals surface area contributed by atoms with Gasteiger partial charge in [0.05, 0.1) is 7.11 Å². The summed E-state index contributed by atoms with van der Waals surface area (Å²) in [5, 5.41) is 3.76. The van der Waals surface area contributed by atoms with Gasteiger partial charge in [0.25, 0.3) is 0 Å². The Labute approximate surface area is 129 Å². The molecule has 1 aromatic rings. The lowest BCUT2D eigenvalue weighted by Crippen LogP contribution is -2.29. The third kappa shape index (κ3) is 4.34. The molecule has 0 aliphatic heterocycles. The third-order valence-corrected chi connectivity index (χ3v) is 4.46. The summed E-state index contributed by atoms with van der Waals surface area (Å²) in [4.78, 5) is 0. The van der Waals surface area contributed by atoms with E-state index in [1.54, 1.807) is 12.7 Å². The van der Waals surface area contributed by atoms with Crippen LogP contribution in [0.3, 0.4) is 0 Å². The molecule has 0 amide bonds. The molecular formula is C19H29NO. The normalized spacial score (nSPS) is 23.5. The van der Waals surface area contributed by atoms with Gasteiger partial charge in [-0.25, -0.2) is 0 Å². The maximum absolute atomic E-state index is 5.50. The van der Waals surface area contributed by atoms with Gasteiger partial charge in [0.1, 0.15) is 5.75 Å². The fourth-order valence-corrected chi connectivity index (χ4v) is 3.58. The number of ether oxygens (including phenoxy) is 1. The van der Waals surface area contributed by atoms with E-state index in [2.05, 4.69) is 50.4 Å². The summed E-state index contributed by atoms with van der Waals surface area (Å²) in [6.07, 6.45) is 6.04. The van der Waals surface area contributed by atoms with Crippen molar-refractivity contribution in [3.8, 4) is 5.75 Å². The fraction of sp³-hybridized carbons (Fsp3) is 0.579. The Bertz CT molecular complexity index is 480. The molecule has 0 saturated heterocycles. The van der Waals surface area contributed by atoms with Crippen LogP contribution in [0.25, 0.3) is 0 Å². The summed E-state index contributed by atoms with van der Waals surface area (Å²) in [6.45, 7) is 7.91. The third-order valence-electron chi connectivity index (χ3n) is 4.46. The molecule has 0 saturated carbocycles. The molecule has 1 aliphatic carbocycles. The number of para-hydroxylation sites is 1. The summed E-state index contributed by atoms with van der Waals surface area (Å²) >= 11 is 0. The van der Waals surface area contributed by atoms with Crippen LogP contribution in [0.2, 0.25) is 0 Å². The van der Waals surface area contributed by atoms with Crippen molar-refractivity contribution in [3.63, 3.8) is 0 Å². The first-order chi connectivity index (χ1) is 10.1. The summed E-state index contributed by atoms with van der Waals surface area (Å²) in [5.41, 5.74) is 2.82. The number of nitrogens with one attached hydrogen (secondary N) is 1. The Morgan fingerprint density at radius 2 is 2.10 bits per heavy atom. The molecule has 0 spiro atoms. The van der Waals surface area contributed by atoms with Crippen LogP contribution in [0.5, 0.6) is 5.75 Å². The van der Waals surface area contributed by atoms with Gasteiger partial charge in [-0.05, 0) is 50.6 Å². The van der Waals surface area contributed by atoms with Crippen LogP contribution in [0.15, 0.2) is 35.9 Å². The predicted molar refractivity (Wildman–Crippen MR) is 89.7 cm³/mol. The predicted octanol–water partition coefficient (Wildman–Crippen LogP) is 4.73. The van der Waals surface area contributed by atoms with Crippen LogP contribution in [-0.4, -0.2) is 13.7 Å². The summed E-state index contributed by atoms with van der Waals surface area (Å²) in [6, 6.07) is 8.73. The van der Waals surface area contributed by atoms with E-state index >= 15 is 0 Å². The van der Waals surface area contributed by atoms with Crippen molar-refractivity contribution in [2.24, 2.45) is 11.8 Å². The van der Waals surface area contributed by atoms with Crippen molar-refractivity contribution in [3.05, 3.63) is 41.5 Å². The first kappa shape index (κ1) is 16.1. The molecule has 0 fully saturated rings. The number of hydrogen-bond acceptors (Lipinski definition) is 2. The van der Waals surface area contributed by atoms with Crippen LogP contribution < -0.4 is 10.1 Å². The van der Waals surface area contributed by atoms with E-state index in [1.165, 1.54) is 18.4 Å². The van der Waals surface area contributed by atoms with Crippen molar-refractivity contribution >= 4 is 0 Å². The average molecular weight is 287 g/mol. The molecule has 21 heavy (non-hydrogen) atoms. The molecule has 1 aliphatic rings. The van der Waals surface area contributed by atoms with Crippen LogP contribution in [0, 0.1) is 11.8 Å².